The van der Waals surface area contributed by atoms with Crippen molar-refractivity contribution >= 4 is 28.5 Å². The number of benzene rings is 1. The van der Waals surface area contributed by atoms with Crippen LogP contribution >= 0.6 is 22.5 Å². The zero-order chi connectivity index (χ0) is 9.68. The Bertz CT molecular complexity index is 287. The van der Waals surface area contributed by atoms with Crippen molar-refractivity contribution < 1.29 is 9.53 Å². The molecule has 0 atom stereocenters. The van der Waals surface area contributed by atoms with Crippen LogP contribution in [0.1, 0.15) is 5.56 Å². The summed E-state index contributed by atoms with van der Waals surface area (Å²) in [5.74, 6) is 0. The fourth-order valence-corrected chi connectivity index (χ4v) is 1.42. The Hall–Kier alpha value is -0.810. The quantitative estimate of drug-likeness (QED) is 0.600. The Kier molecular flexibility index (Phi) is 3.98. The minimum absolute atomic E-state index is 0.215. The van der Waals surface area contributed by atoms with E-state index in [1.807, 2.05) is 24.3 Å². The second-order valence-electron chi connectivity index (χ2n) is 2.34. The first-order valence-electron chi connectivity index (χ1n) is 3.55. The van der Waals surface area contributed by atoms with Gasteiger partial charge in [-0.15, -0.1) is 11.7 Å². The largest absolute Gasteiger partial charge is 0.445 e. The highest BCUT2D eigenvalue weighted by Gasteiger charge is 1.96. The SMILES string of the molecule is NC(=O)OCc1ccc(SS)cc1. The van der Waals surface area contributed by atoms with Crippen LogP contribution < -0.4 is 5.73 Å². The van der Waals surface area contributed by atoms with Gasteiger partial charge in [-0.2, -0.15) is 0 Å². The number of rotatable bonds is 3. The Morgan fingerprint density at radius 1 is 1.46 bits per heavy atom. The van der Waals surface area contributed by atoms with Gasteiger partial charge < -0.3 is 10.5 Å². The Morgan fingerprint density at radius 2 is 2.08 bits per heavy atom. The van der Waals surface area contributed by atoms with Gasteiger partial charge in [0.2, 0.25) is 0 Å². The minimum atomic E-state index is -0.757. The summed E-state index contributed by atoms with van der Waals surface area (Å²) in [6.07, 6.45) is -0.757. The molecule has 0 aliphatic carbocycles. The summed E-state index contributed by atoms with van der Waals surface area (Å²) in [5.41, 5.74) is 5.73. The normalized spacial score (nSPS) is 9.62. The molecule has 0 spiro atoms. The minimum Gasteiger partial charge on any atom is -0.445 e. The molecule has 0 saturated carbocycles. The lowest BCUT2D eigenvalue weighted by molar-refractivity contribution is 0.150. The van der Waals surface area contributed by atoms with E-state index in [1.165, 1.54) is 10.8 Å². The Morgan fingerprint density at radius 3 is 2.54 bits per heavy atom. The molecule has 5 heteroatoms. The Balaban J connectivity index is 2.54. The molecule has 2 N–H and O–H groups in total. The van der Waals surface area contributed by atoms with Gasteiger partial charge in [-0.05, 0) is 17.7 Å². The first kappa shape index (κ1) is 10.3. The molecule has 1 aromatic carbocycles. The fraction of sp³-hybridized carbons (Fsp3) is 0.125. The molecule has 3 nitrogen and oxygen atoms in total. The lowest BCUT2D eigenvalue weighted by Crippen LogP contribution is -2.12. The molecule has 0 aliphatic heterocycles. The van der Waals surface area contributed by atoms with Crippen LogP contribution in [0.15, 0.2) is 29.2 Å². The van der Waals surface area contributed by atoms with Crippen molar-refractivity contribution in [1.82, 2.24) is 0 Å². The molecule has 1 amide bonds. The van der Waals surface area contributed by atoms with Gasteiger partial charge in [0.1, 0.15) is 6.61 Å². The van der Waals surface area contributed by atoms with Crippen molar-refractivity contribution in [3.8, 4) is 0 Å². The highest BCUT2D eigenvalue weighted by atomic mass is 33.1. The van der Waals surface area contributed by atoms with Crippen molar-refractivity contribution in [2.24, 2.45) is 5.73 Å². The van der Waals surface area contributed by atoms with Gasteiger partial charge in [-0.1, -0.05) is 22.9 Å². The molecule has 0 saturated heterocycles. The number of hydrogen-bond acceptors (Lipinski definition) is 4. The van der Waals surface area contributed by atoms with E-state index in [9.17, 15) is 4.79 Å². The summed E-state index contributed by atoms with van der Waals surface area (Å²) < 4.78 is 4.61. The molecular weight excluding hydrogens is 206 g/mol. The highest BCUT2D eigenvalue weighted by molar-refractivity contribution is 8.68. The molecule has 0 fully saturated rings. The number of thiol groups is 1. The third-order valence-corrected chi connectivity index (χ3v) is 2.53. The smallest absolute Gasteiger partial charge is 0.404 e. The zero-order valence-corrected chi connectivity index (χ0v) is 8.48. The van der Waals surface area contributed by atoms with Crippen molar-refractivity contribution in [3.05, 3.63) is 29.8 Å². The van der Waals surface area contributed by atoms with Crippen LogP contribution in [0.3, 0.4) is 0 Å². The molecule has 0 aromatic heterocycles. The number of primary amides is 1. The van der Waals surface area contributed by atoms with Gasteiger partial charge in [0.25, 0.3) is 0 Å². The van der Waals surface area contributed by atoms with Gasteiger partial charge >= 0.3 is 6.09 Å². The maximum atomic E-state index is 10.3. The van der Waals surface area contributed by atoms with Gasteiger partial charge in [0, 0.05) is 4.90 Å². The fourth-order valence-electron chi connectivity index (χ4n) is 0.801. The lowest BCUT2D eigenvalue weighted by Gasteiger charge is -2.01. The van der Waals surface area contributed by atoms with E-state index >= 15 is 0 Å². The van der Waals surface area contributed by atoms with E-state index in [1.54, 1.807) is 0 Å². The summed E-state index contributed by atoms with van der Waals surface area (Å²) in [7, 11) is 1.36. The van der Waals surface area contributed by atoms with Crippen LogP contribution in [0, 0.1) is 0 Å². The zero-order valence-electron chi connectivity index (χ0n) is 6.77. The summed E-state index contributed by atoms with van der Waals surface area (Å²) in [5, 5.41) is 0. The summed E-state index contributed by atoms with van der Waals surface area (Å²) in [6.45, 7) is 0.215. The van der Waals surface area contributed by atoms with E-state index in [4.69, 9.17) is 5.73 Å². The first-order chi connectivity index (χ1) is 6.22. The maximum Gasteiger partial charge on any atom is 0.404 e. The summed E-state index contributed by atoms with van der Waals surface area (Å²) in [6, 6.07) is 7.53. The van der Waals surface area contributed by atoms with Crippen LogP contribution in [-0.4, -0.2) is 6.09 Å². The second kappa shape index (κ2) is 5.04. The predicted molar refractivity (Wildman–Crippen MR) is 55.7 cm³/mol. The van der Waals surface area contributed by atoms with Gasteiger partial charge in [-0.25, -0.2) is 4.79 Å². The number of carbonyl (C=O) groups is 1. The standard InChI is InChI=1S/C8H9NO2S2/c9-8(10)11-5-6-1-3-7(13-12)4-2-6/h1-4,12H,5H2,(H2,9,10). The molecule has 70 valence electrons. The van der Waals surface area contributed by atoms with Gasteiger partial charge in [-0.3, -0.25) is 0 Å². The summed E-state index contributed by atoms with van der Waals surface area (Å²) in [4.78, 5) is 11.3. The maximum absolute atomic E-state index is 10.3. The summed E-state index contributed by atoms with van der Waals surface area (Å²) >= 11 is 4.04. The molecule has 0 unspecified atom stereocenters. The van der Waals surface area contributed by atoms with Crippen molar-refractivity contribution in [2.45, 2.75) is 11.5 Å². The average Bonchev–Trinajstić information content (AvgIpc) is 2.15. The molecule has 13 heavy (non-hydrogen) atoms. The Labute approximate surface area is 85.5 Å². The molecule has 0 bridgehead atoms. The van der Waals surface area contributed by atoms with Crippen LogP contribution in [-0.2, 0) is 11.3 Å². The van der Waals surface area contributed by atoms with E-state index < -0.39 is 6.09 Å². The van der Waals surface area contributed by atoms with Gasteiger partial charge in [0.15, 0.2) is 0 Å². The van der Waals surface area contributed by atoms with Crippen LogP contribution in [0.2, 0.25) is 0 Å². The van der Waals surface area contributed by atoms with Crippen molar-refractivity contribution in [1.29, 1.82) is 0 Å². The topological polar surface area (TPSA) is 52.3 Å². The highest BCUT2D eigenvalue weighted by Crippen LogP contribution is 2.21. The number of nitrogens with two attached hydrogens (primary N) is 1. The molecule has 1 rings (SSSR count). The number of hydrogen-bond donors (Lipinski definition) is 2. The molecule has 1 aromatic rings. The van der Waals surface area contributed by atoms with Crippen LogP contribution in [0.4, 0.5) is 4.79 Å². The second-order valence-corrected chi connectivity index (χ2v) is 3.54. The lowest BCUT2D eigenvalue weighted by atomic mass is 10.2. The molecule has 0 radical (unpaired) electrons. The molecule has 0 aliphatic rings. The third kappa shape index (κ3) is 3.61. The van der Waals surface area contributed by atoms with Crippen molar-refractivity contribution in [3.63, 3.8) is 0 Å². The average molecular weight is 215 g/mol. The monoisotopic (exact) mass is 215 g/mol. The third-order valence-electron chi connectivity index (χ3n) is 1.41. The van der Waals surface area contributed by atoms with E-state index in [0.29, 0.717) is 0 Å². The van der Waals surface area contributed by atoms with Gasteiger partial charge in [0.05, 0.1) is 0 Å². The van der Waals surface area contributed by atoms with Crippen molar-refractivity contribution in [2.75, 3.05) is 0 Å². The molecular formula is C8H9NO2S2. The number of ether oxygens (including phenoxy) is 1. The van der Waals surface area contributed by atoms with E-state index in [0.717, 1.165) is 10.5 Å². The number of carbonyl (C=O) groups excluding carboxylic acids is 1. The van der Waals surface area contributed by atoms with E-state index in [-0.39, 0.29) is 6.61 Å². The first-order valence-corrected chi connectivity index (χ1v) is 5.42. The van der Waals surface area contributed by atoms with E-state index in [2.05, 4.69) is 16.4 Å². The number of amides is 1. The molecule has 0 heterocycles. The predicted octanol–water partition coefficient (Wildman–Crippen LogP) is 2.22. The van der Waals surface area contributed by atoms with Crippen LogP contribution in [0.25, 0.3) is 0 Å². The van der Waals surface area contributed by atoms with Crippen LogP contribution in [0.5, 0.6) is 0 Å².